The topological polar surface area (TPSA) is 67.6 Å². The molecule has 6 nitrogen and oxygen atoms in total. The summed E-state index contributed by atoms with van der Waals surface area (Å²) in [7, 11) is 3.95. The minimum Gasteiger partial charge on any atom is -0.491 e. The molecule has 0 unspecified atom stereocenters. The number of rotatable bonds is 7. The van der Waals surface area contributed by atoms with Gasteiger partial charge < -0.3 is 15.0 Å². The SMILES string of the molecule is CC(C)Oc1cc(NCCN(C)C)cc([N+](=O)[O-])c1. The first kappa shape index (κ1) is 15.2. The molecule has 1 rings (SSSR count). The van der Waals surface area contributed by atoms with Crippen LogP contribution in [0.5, 0.6) is 5.75 Å². The highest BCUT2D eigenvalue weighted by molar-refractivity contribution is 5.56. The Hall–Kier alpha value is -1.82. The van der Waals surface area contributed by atoms with E-state index in [2.05, 4.69) is 5.32 Å². The molecule has 0 aliphatic rings. The summed E-state index contributed by atoms with van der Waals surface area (Å²) in [5.74, 6) is 0.511. The number of likely N-dealkylation sites (N-methyl/N-ethyl adjacent to an activating group) is 1. The summed E-state index contributed by atoms with van der Waals surface area (Å²) in [4.78, 5) is 12.5. The maximum absolute atomic E-state index is 10.9. The van der Waals surface area contributed by atoms with Crippen LogP contribution in [-0.4, -0.2) is 43.1 Å². The third-order valence-electron chi connectivity index (χ3n) is 2.36. The Morgan fingerprint density at radius 1 is 1.37 bits per heavy atom. The molecule has 0 spiro atoms. The number of nitro benzene ring substituents is 1. The van der Waals surface area contributed by atoms with Gasteiger partial charge in [0.15, 0.2) is 0 Å². The van der Waals surface area contributed by atoms with Crippen LogP contribution in [0.2, 0.25) is 0 Å². The highest BCUT2D eigenvalue weighted by atomic mass is 16.6. The third kappa shape index (κ3) is 5.56. The van der Waals surface area contributed by atoms with Gasteiger partial charge in [-0.15, -0.1) is 0 Å². The molecule has 0 radical (unpaired) electrons. The smallest absolute Gasteiger partial charge is 0.275 e. The molecule has 1 aromatic rings. The van der Waals surface area contributed by atoms with E-state index in [9.17, 15) is 10.1 Å². The largest absolute Gasteiger partial charge is 0.491 e. The first-order valence-electron chi connectivity index (χ1n) is 6.23. The lowest BCUT2D eigenvalue weighted by atomic mass is 10.2. The van der Waals surface area contributed by atoms with Crippen LogP contribution in [0.1, 0.15) is 13.8 Å². The predicted octanol–water partition coefficient (Wildman–Crippen LogP) is 2.36. The van der Waals surface area contributed by atoms with Crippen LogP contribution in [0.25, 0.3) is 0 Å². The lowest BCUT2D eigenvalue weighted by Gasteiger charge is -2.14. The van der Waals surface area contributed by atoms with Crippen LogP contribution in [0, 0.1) is 10.1 Å². The number of anilines is 1. The Bertz CT molecular complexity index is 433. The molecule has 0 atom stereocenters. The molecule has 0 amide bonds. The maximum Gasteiger partial charge on any atom is 0.275 e. The second kappa shape index (κ2) is 6.94. The molecule has 0 saturated heterocycles. The number of hydrogen-bond acceptors (Lipinski definition) is 5. The molecule has 19 heavy (non-hydrogen) atoms. The van der Waals surface area contributed by atoms with E-state index in [0.29, 0.717) is 11.4 Å². The van der Waals surface area contributed by atoms with E-state index in [1.165, 1.54) is 12.1 Å². The Morgan fingerprint density at radius 2 is 2.05 bits per heavy atom. The van der Waals surface area contributed by atoms with Gasteiger partial charge in [0.05, 0.1) is 17.1 Å². The van der Waals surface area contributed by atoms with Crippen molar-refractivity contribution < 1.29 is 9.66 Å². The molecule has 106 valence electrons. The average Bonchev–Trinajstić information content (AvgIpc) is 2.27. The van der Waals surface area contributed by atoms with E-state index in [1.54, 1.807) is 6.07 Å². The lowest BCUT2D eigenvalue weighted by Crippen LogP contribution is -2.20. The molecular formula is C13H21N3O3. The van der Waals surface area contributed by atoms with E-state index in [1.807, 2.05) is 32.8 Å². The van der Waals surface area contributed by atoms with E-state index in [0.717, 1.165) is 13.1 Å². The predicted molar refractivity (Wildman–Crippen MR) is 75.9 cm³/mol. The van der Waals surface area contributed by atoms with Crippen molar-refractivity contribution in [3.05, 3.63) is 28.3 Å². The van der Waals surface area contributed by atoms with Crippen LogP contribution in [0.3, 0.4) is 0 Å². The van der Waals surface area contributed by atoms with Gasteiger partial charge in [0.25, 0.3) is 5.69 Å². The number of nitrogens with one attached hydrogen (secondary N) is 1. The summed E-state index contributed by atoms with van der Waals surface area (Å²) in [5, 5.41) is 14.0. The summed E-state index contributed by atoms with van der Waals surface area (Å²) in [5.41, 5.74) is 0.734. The summed E-state index contributed by atoms with van der Waals surface area (Å²) >= 11 is 0. The molecule has 0 saturated carbocycles. The van der Waals surface area contributed by atoms with Gasteiger partial charge in [-0.1, -0.05) is 0 Å². The maximum atomic E-state index is 10.9. The number of ether oxygens (including phenoxy) is 1. The second-order valence-corrected chi connectivity index (χ2v) is 4.87. The van der Waals surface area contributed by atoms with E-state index < -0.39 is 4.92 Å². The fourth-order valence-corrected chi connectivity index (χ4v) is 1.55. The minimum absolute atomic E-state index is 0.0170. The summed E-state index contributed by atoms with van der Waals surface area (Å²) in [6.45, 7) is 5.34. The highest BCUT2D eigenvalue weighted by Gasteiger charge is 2.11. The van der Waals surface area contributed by atoms with Crippen molar-refractivity contribution in [3.63, 3.8) is 0 Å². The monoisotopic (exact) mass is 267 g/mol. The van der Waals surface area contributed by atoms with Gasteiger partial charge >= 0.3 is 0 Å². The zero-order valence-corrected chi connectivity index (χ0v) is 11.8. The van der Waals surface area contributed by atoms with Crippen molar-refractivity contribution in [1.82, 2.24) is 4.90 Å². The molecule has 6 heteroatoms. The number of non-ortho nitro benzene ring substituents is 1. The quantitative estimate of drug-likeness (QED) is 0.606. The number of nitrogens with zero attached hydrogens (tertiary/aromatic N) is 2. The molecule has 0 heterocycles. The zero-order valence-electron chi connectivity index (χ0n) is 11.8. The van der Waals surface area contributed by atoms with Crippen LogP contribution in [0.15, 0.2) is 18.2 Å². The molecule has 0 fully saturated rings. The van der Waals surface area contributed by atoms with Gasteiger partial charge in [-0.25, -0.2) is 0 Å². The Kier molecular flexibility index (Phi) is 5.57. The first-order chi connectivity index (χ1) is 8.88. The summed E-state index contributed by atoms with van der Waals surface area (Å²) in [6.07, 6.45) is -0.0170. The van der Waals surface area contributed by atoms with Gasteiger partial charge in [0.2, 0.25) is 0 Å². The van der Waals surface area contributed by atoms with E-state index in [4.69, 9.17) is 4.74 Å². The summed E-state index contributed by atoms with van der Waals surface area (Å²) in [6, 6.07) is 4.74. The Balaban J connectivity index is 2.83. The normalized spacial score (nSPS) is 10.8. The second-order valence-electron chi connectivity index (χ2n) is 4.87. The molecular weight excluding hydrogens is 246 g/mol. The van der Waals surface area contributed by atoms with Crippen LogP contribution in [-0.2, 0) is 0 Å². The Labute approximate surface area is 113 Å². The van der Waals surface area contributed by atoms with Gasteiger partial charge in [0.1, 0.15) is 5.75 Å². The van der Waals surface area contributed by atoms with Crippen LogP contribution in [0.4, 0.5) is 11.4 Å². The third-order valence-corrected chi connectivity index (χ3v) is 2.36. The molecule has 1 aromatic carbocycles. The Morgan fingerprint density at radius 3 is 2.58 bits per heavy atom. The van der Waals surface area contributed by atoms with Crippen molar-refractivity contribution in [2.24, 2.45) is 0 Å². The van der Waals surface area contributed by atoms with Crippen molar-refractivity contribution in [3.8, 4) is 5.75 Å². The number of nitro groups is 1. The van der Waals surface area contributed by atoms with E-state index in [-0.39, 0.29) is 11.8 Å². The molecule has 1 N–H and O–H groups in total. The number of hydrogen-bond donors (Lipinski definition) is 1. The molecule has 0 aliphatic heterocycles. The highest BCUT2D eigenvalue weighted by Crippen LogP contribution is 2.26. The van der Waals surface area contributed by atoms with Gasteiger partial charge in [-0.2, -0.15) is 0 Å². The van der Waals surface area contributed by atoms with Crippen LogP contribution >= 0.6 is 0 Å². The van der Waals surface area contributed by atoms with Crippen molar-refractivity contribution in [1.29, 1.82) is 0 Å². The summed E-state index contributed by atoms with van der Waals surface area (Å²) < 4.78 is 5.52. The van der Waals surface area contributed by atoms with Gasteiger partial charge in [0, 0.05) is 30.9 Å². The minimum atomic E-state index is -0.412. The fraction of sp³-hybridized carbons (Fsp3) is 0.538. The average molecular weight is 267 g/mol. The lowest BCUT2D eigenvalue weighted by molar-refractivity contribution is -0.384. The van der Waals surface area contributed by atoms with Gasteiger partial charge in [-0.05, 0) is 27.9 Å². The van der Waals surface area contributed by atoms with Crippen molar-refractivity contribution in [2.75, 3.05) is 32.5 Å². The number of benzene rings is 1. The van der Waals surface area contributed by atoms with Gasteiger partial charge in [-0.3, -0.25) is 10.1 Å². The van der Waals surface area contributed by atoms with Crippen molar-refractivity contribution >= 4 is 11.4 Å². The molecule has 0 bridgehead atoms. The molecule has 0 aliphatic carbocycles. The fourth-order valence-electron chi connectivity index (χ4n) is 1.55. The van der Waals surface area contributed by atoms with Crippen molar-refractivity contribution in [2.45, 2.75) is 20.0 Å². The molecule has 0 aromatic heterocycles. The zero-order chi connectivity index (χ0) is 14.4. The standard InChI is InChI=1S/C13H21N3O3/c1-10(2)19-13-8-11(14-5-6-15(3)4)7-12(9-13)16(17)18/h7-10,14H,5-6H2,1-4H3. The van der Waals surface area contributed by atoms with E-state index >= 15 is 0 Å². The first-order valence-corrected chi connectivity index (χ1v) is 6.23. The van der Waals surface area contributed by atoms with Crippen LogP contribution < -0.4 is 10.1 Å².